The third-order valence-corrected chi connectivity index (χ3v) is 4.39. The normalized spacial score (nSPS) is 16.0. The van der Waals surface area contributed by atoms with Crippen LogP contribution in [-0.2, 0) is 16.1 Å². The van der Waals surface area contributed by atoms with Crippen molar-refractivity contribution < 1.29 is 14.3 Å². The first-order valence-corrected chi connectivity index (χ1v) is 9.04. The van der Waals surface area contributed by atoms with Crippen LogP contribution in [0.2, 0.25) is 0 Å². The van der Waals surface area contributed by atoms with E-state index in [2.05, 4.69) is 12.2 Å². The Balaban J connectivity index is 1.86. The Morgan fingerprint density at radius 2 is 1.96 bits per heavy atom. The molecule has 0 aliphatic carbocycles. The quantitative estimate of drug-likeness (QED) is 0.850. The van der Waals surface area contributed by atoms with E-state index in [1.165, 1.54) is 0 Å². The van der Waals surface area contributed by atoms with Gasteiger partial charge in [-0.1, -0.05) is 43.7 Å². The van der Waals surface area contributed by atoms with Gasteiger partial charge in [-0.2, -0.15) is 0 Å². The van der Waals surface area contributed by atoms with Crippen molar-refractivity contribution in [2.75, 3.05) is 10.2 Å². The van der Waals surface area contributed by atoms with Gasteiger partial charge in [0.15, 0.2) is 6.10 Å². The molecule has 0 saturated heterocycles. The lowest BCUT2D eigenvalue weighted by atomic mass is 10.1. The van der Waals surface area contributed by atoms with E-state index >= 15 is 0 Å². The fourth-order valence-electron chi connectivity index (χ4n) is 2.97. The van der Waals surface area contributed by atoms with Crippen molar-refractivity contribution in [2.24, 2.45) is 0 Å². The Morgan fingerprint density at radius 3 is 2.69 bits per heavy atom. The zero-order valence-corrected chi connectivity index (χ0v) is 15.2. The summed E-state index contributed by atoms with van der Waals surface area (Å²) in [5, 5.41) is 2.90. The van der Waals surface area contributed by atoms with E-state index < -0.39 is 6.10 Å². The summed E-state index contributed by atoms with van der Waals surface area (Å²) >= 11 is 0. The monoisotopic (exact) mass is 352 g/mol. The Labute approximate surface area is 154 Å². The molecule has 1 atom stereocenters. The maximum absolute atomic E-state index is 12.7. The van der Waals surface area contributed by atoms with Gasteiger partial charge < -0.3 is 15.0 Å². The lowest BCUT2D eigenvalue weighted by Gasteiger charge is -2.33. The Bertz CT molecular complexity index is 789. The van der Waals surface area contributed by atoms with Gasteiger partial charge >= 0.3 is 0 Å². The summed E-state index contributed by atoms with van der Waals surface area (Å²) in [7, 11) is 0. The Hall–Kier alpha value is -2.82. The number of nitrogens with zero attached hydrogens (tertiary/aromatic N) is 1. The highest BCUT2D eigenvalue weighted by atomic mass is 16.5. The highest BCUT2D eigenvalue weighted by Gasteiger charge is 2.31. The van der Waals surface area contributed by atoms with Crippen LogP contribution in [-0.4, -0.2) is 17.9 Å². The molecule has 3 rings (SSSR count). The summed E-state index contributed by atoms with van der Waals surface area (Å²) in [5.74, 6) is 0.549. The lowest BCUT2D eigenvalue weighted by molar-refractivity contribution is -0.125. The second kappa shape index (κ2) is 8.04. The molecule has 0 spiro atoms. The van der Waals surface area contributed by atoms with Crippen molar-refractivity contribution in [3.8, 4) is 5.75 Å². The third kappa shape index (κ3) is 4.04. The molecule has 1 aliphatic heterocycles. The summed E-state index contributed by atoms with van der Waals surface area (Å²) in [4.78, 5) is 26.4. The predicted molar refractivity (Wildman–Crippen MR) is 102 cm³/mol. The average Bonchev–Trinajstić information content (AvgIpc) is 2.65. The molecule has 1 aliphatic rings. The molecule has 2 aromatic carbocycles. The van der Waals surface area contributed by atoms with E-state index in [0.717, 1.165) is 18.4 Å². The van der Waals surface area contributed by atoms with Crippen LogP contribution in [0.3, 0.4) is 0 Å². The molecule has 5 nitrogen and oxygen atoms in total. The molecule has 0 fully saturated rings. The van der Waals surface area contributed by atoms with Crippen LogP contribution < -0.4 is 15.0 Å². The van der Waals surface area contributed by atoms with E-state index in [9.17, 15) is 9.59 Å². The molecule has 2 aromatic rings. The standard InChI is InChI=1S/C21H24N2O3/c1-3-4-10-20(24)22-17-11-12-19-18(13-17)23(21(25)15(2)26-19)14-16-8-6-5-7-9-16/h5-9,11-13,15H,3-4,10,14H2,1-2H3,(H,22,24). The molecular weight excluding hydrogens is 328 g/mol. The molecule has 26 heavy (non-hydrogen) atoms. The van der Waals surface area contributed by atoms with Gasteiger partial charge in [0.25, 0.3) is 5.91 Å². The van der Waals surface area contributed by atoms with Crippen molar-refractivity contribution in [2.45, 2.75) is 45.8 Å². The number of anilines is 2. The highest BCUT2D eigenvalue weighted by molar-refractivity contribution is 6.01. The van der Waals surface area contributed by atoms with Crippen LogP contribution in [0.15, 0.2) is 48.5 Å². The highest BCUT2D eigenvalue weighted by Crippen LogP contribution is 2.37. The van der Waals surface area contributed by atoms with Gasteiger partial charge in [-0.3, -0.25) is 9.59 Å². The second-order valence-electron chi connectivity index (χ2n) is 6.50. The van der Waals surface area contributed by atoms with Crippen LogP contribution in [0.5, 0.6) is 5.75 Å². The summed E-state index contributed by atoms with van der Waals surface area (Å²) in [6, 6.07) is 15.3. The van der Waals surface area contributed by atoms with E-state index in [-0.39, 0.29) is 11.8 Å². The van der Waals surface area contributed by atoms with Crippen molar-refractivity contribution in [1.82, 2.24) is 0 Å². The average molecular weight is 352 g/mol. The van der Waals surface area contributed by atoms with Crippen molar-refractivity contribution in [3.63, 3.8) is 0 Å². The molecule has 0 radical (unpaired) electrons. The second-order valence-corrected chi connectivity index (χ2v) is 6.50. The lowest BCUT2D eigenvalue weighted by Crippen LogP contribution is -2.44. The van der Waals surface area contributed by atoms with Crippen LogP contribution in [0.1, 0.15) is 38.7 Å². The van der Waals surface area contributed by atoms with Crippen LogP contribution in [0.4, 0.5) is 11.4 Å². The molecule has 0 bridgehead atoms. The van der Waals surface area contributed by atoms with Gasteiger partial charge in [0.1, 0.15) is 5.75 Å². The van der Waals surface area contributed by atoms with E-state index in [1.807, 2.05) is 48.5 Å². The first-order valence-electron chi connectivity index (χ1n) is 9.04. The number of ether oxygens (including phenoxy) is 1. The fourth-order valence-corrected chi connectivity index (χ4v) is 2.97. The summed E-state index contributed by atoms with van der Waals surface area (Å²) in [5.41, 5.74) is 2.40. The van der Waals surface area contributed by atoms with E-state index in [4.69, 9.17) is 4.74 Å². The fraction of sp³-hybridized carbons (Fsp3) is 0.333. The van der Waals surface area contributed by atoms with Gasteiger partial charge in [0, 0.05) is 12.1 Å². The topological polar surface area (TPSA) is 58.6 Å². The number of nitrogens with one attached hydrogen (secondary N) is 1. The van der Waals surface area contributed by atoms with Crippen molar-refractivity contribution in [3.05, 3.63) is 54.1 Å². The minimum absolute atomic E-state index is 0.0159. The minimum atomic E-state index is -0.531. The molecule has 2 amide bonds. The zero-order chi connectivity index (χ0) is 18.5. The first kappa shape index (κ1) is 18.0. The number of unbranched alkanes of at least 4 members (excludes halogenated alkanes) is 1. The van der Waals surface area contributed by atoms with Crippen LogP contribution >= 0.6 is 0 Å². The van der Waals surface area contributed by atoms with Crippen LogP contribution in [0, 0.1) is 0 Å². The van der Waals surface area contributed by atoms with E-state index in [0.29, 0.717) is 30.1 Å². The number of hydrogen-bond acceptors (Lipinski definition) is 3. The van der Waals surface area contributed by atoms with Gasteiger partial charge in [-0.25, -0.2) is 0 Å². The number of rotatable bonds is 6. The van der Waals surface area contributed by atoms with Gasteiger partial charge in [-0.05, 0) is 37.1 Å². The van der Waals surface area contributed by atoms with Crippen molar-refractivity contribution >= 4 is 23.2 Å². The maximum atomic E-state index is 12.7. The molecule has 5 heteroatoms. The third-order valence-electron chi connectivity index (χ3n) is 4.39. The zero-order valence-electron chi connectivity index (χ0n) is 15.2. The molecule has 0 saturated carbocycles. The predicted octanol–water partition coefficient (Wildman–Crippen LogP) is 4.13. The molecular formula is C21H24N2O3. The number of amides is 2. The van der Waals surface area contributed by atoms with Gasteiger partial charge in [0.05, 0.1) is 12.2 Å². The number of fused-ring (bicyclic) bond motifs is 1. The number of carbonyl (C=O) groups is 2. The Morgan fingerprint density at radius 1 is 1.19 bits per heavy atom. The van der Waals surface area contributed by atoms with Crippen molar-refractivity contribution in [1.29, 1.82) is 0 Å². The summed E-state index contributed by atoms with van der Waals surface area (Å²) in [6.45, 7) is 4.27. The molecule has 1 unspecified atom stereocenters. The number of carbonyl (C=O) groups excluding carboxylic acids is 2. The number of hydrogen-bond donors (Lipinski definition) is 1. The summed E-state index contributed by atoms with van der Waals surface area (Å²) < 4.78 is 5.73. The molecule has 1 heterocycles. The first-order chi connectivity index (χ1) is 12.6. The van der Waals surface area contributed by atoms with Gasteiger partial charge in [-0.15, -0.1) is 0 Å². The van der Waals surface area contributed by atoms with Crippen LogP contribution in [0.25, 0.3) is 0 Å². The maximum Gasteiger partial charge on any atom is 0.268 e. The largest absolute Gasteiger partial charge is 0.479 e. The molecule has 0 aromatic heterocycles. The SMILES string of the molecule is CCCCC(=O)Nc1ccc2c(c1)N(Cc1ccccc1)C(=O)C(C)O2. The summed E-state index contributed by atoms with van der Waals surface area (Å²) in [6.07, 6.45) is 1.79. The number of benzene rings is 2. The molecule has 1 N–H and O–H groups in total. The van der Waals surface area contributed by atoms with E-state index in [1.54, 1.807) is 11.8 Å². The smallest absolute Gasteiger partial charge is 0.268 e. The minimum Gasteiger partial charge on any atom is -0.479 e. The van der Waals surface area contributed by atoms with Gasteiger partial charge in [0.2, 0.25) is 5.91 Å². The Kier molecular flexibility index (Phi) is 5.56. The molecule has 136 valence electrons.